The van der Waals surface area contributed by atoms with Gasteiger partial charge in [-0.2, -0.15) is 5.26 Å². The summed E-state index contributed by atoms with van der Waals surface area (Å²) in [6.45, 7) is 4.00. The van der Waals surface area contributed by atoms with Crippen LogP contribution in [0.1, 0.15) is 16.7 Å². The van der Waals surface area contributed by atoms with Gasteiger partial charge in [-0.15, -0.1) is 0 Å². The summed E-state index contributed by atoms with van der Waals surface area (Å²) in [5.41, 5.74) is 9.71. The molecule has 0 bridgehead atoms. The van der Waals surface area contributed by atoms with E-state index >= 15 is 0 Å². The first-order chi connectivity index (χ1) is 8.10. The number of nitrogens with two attached hydrogens (primary N) is 1. The van der Waals surface area contributed by atoms with Crippen LogP contribution < -0.4 is 11.1 Å². The van der Waals surface area contributed by atoms with Crippen LogP contribution >= 0.6 is 0 Å². The summed E-state index contributed by atoms with van der Waals surface area (Å²) in [5.74, 6) is 0.391. The highest BCUT2D eigenvalue weighted by Gasteiger charge is 2.07. The van der Waals surface area contributed by atoms with Gasteiger partial charge in [-0.25, -0.2) is 0 Å². The molecule has 0 aromatic heterocycles. The minimum Gasteiger partial charge on any atom is -0.385 e. The standard InChI is InChI=1S/C13H16N4/c1-9-3-4-12(17-13(16)6-8-15)11(5-7-14)10(9)2/h3-4,6,8,15,17H,5,16H2,1-2H3/b13-6+,15-8?. The first-order valence-electron chi connectivity index (χ1n) is 5.29. The second-order valence-corrected chi connectivity index (χ2v) is 3.78. The molecule has 0 saturated carbocycles. The lowest BCUT2D eigenvalue weighted by molar-refractivity contribution is 1.17. The number of hydrogen-bond donors (Lipinski definition) is 3. The van der Waals surface area contributed by atoms with Crippen molar-refractivity contribution in [3.8, 4) is 6.07 Å². The fourth-order valence-corrected chi connectivity index (χ4v) is 1.58. The average molecular weight is 228 g/mol. The molecule has 88 valence electrons. The maximum atomic E-state index is 8.84. The number of nitriles is 1. The van der Waals surface area contributed by atoms with Gasteiger partial charge >= 0.3 is 0 Å². The number of nitrogens with zero attached hydrogens (tertiary/aromatic N) is 1. The van der Waals surface area contributed by atoms with Gasteiger partial charge in [0.05, 0.1) is 12.5 Å². The molecule has 4 N–H and O–H groups in total. The van der Waals surface area contributed by atoms with Crippen LogP contribution in [0.2, 0.25) is 0 Å². The fourth-order valence-electron chi connectivity index (χ4n) is 1.58. The minimum absolute atomic E-state index is 0.341. The third-order valence-corrected chi connectivity index (χ3v) is 2.67. The lowest BCUT2D eigenvalue weighted by atomic mass is 9.99. The largest absolute Gasteiger partial charge is 0.385 e. The second-order valence-electron chi connectivity index (χ2n) is 3.78. The Morgan fingerprint density at radius 1 is 1.53 bits per heavy atom. The SMILES string of the molecule is Cc1ccc(N/C(N)=C/C=N)c(CC#N)c1C. The summed E-state index contributed by atoms with van der Waals surface area (Å²) in [6.07, 6.45) is 2.92. The molecule has 0 aliphatic carbocycles. The van der Waals surface area contributed by atoms with Crippen LogP contribution in [0.15, 0.2) is 24.0 Å². The quantitative estimate of drug-likeness (QED) is 0.691. The molecular weight excluding hydrogens is 212 g/mol. The van der Waals surface area contributed by atoms with Gasteiger partial charge in [0.1, 0.15) is 5.82 Å². The van der Waals surface area contributed by atoms with Gasteiger partial charge in [0, 0.05) is 11.9 Å². The van der Waals surface area contributed by atoms with Gasteiger partial charge in [0.2, 0.25) is 0 Å². The van der Waals surface area contributed by atoms with E-state index in [9.17, 15) is 0 Å². The zero-order valence-corrected chi connectivity index (χ0v) is 10.0. The van der Waals surface area contributed by atoms with E-state index in [0.29, 0.717) is 12.2 Å². The summed E-state index contributed by atoms with van der Waals surface area (Å²) in [5, 5.41) is 18.8. The van der Waals surface area contributed by atoms with Crippen LogP contribution in [0.4, 0.5) is 5.69 Å². The summed E-state index contributed by atoms with van der Waals surface area (Å²) in [6, 6.07) is 6.04. The molecule has 17 heavy (non-hydrogen) atoms. The van der Waals surface area contributed by atoms with Gasteiger partial charge in [0.15, 0.2) is 0 Å². The number of nitrogens with one attached hydrogen (secondary N) is 2. The molecule has 0 radical (unpaired) electrons. The molecule has 0 aliphatic heterocycles. The van der Waals surface area contributed by atoms with Crippen molar-refractivity contribution in [2.45, 2.75) is 20.3 Å². The van der Waals surface area contributed by atoms with E-state index in [1.165, 1.54) is 6.08 Å². The van der Waals surface area contributed by atoms with Gasteiger partial charge in [0.25, 0.3) is 0 Å². The third kappa shape index (κ3) is 3.08. The molecule has 0 fully saturated rings. The highest BCUT2D eigenvalue weighted by Crippen LogP contribution is 2.23. The molecule has 4 heteroatoms. The molecule has 1 aromatic carbocycles. The van der Waals surface area contributed by atoms with Gasteiger partial charge in [-0.3, -0.25) is 0 Å². The average Bonchev–Trinajstić information content (AvgIpc) is 2.29. The van der Waals surface area contributed by atoms with Crippen LogP contribution in [0.5, 0.6) is 0 Å². The van der Waals surface area contributed by atoms with Gasteiger partial charge in [-0.05, 0) is 42.7 Å². The number of hydrogen-bond acceptors (Lipinski definition) is 4. The number of rotatable bonds is 4. The van der Waals surface area contributed by atoms with Gasteiger partial charge in [-0.1, -0.05) is 6.07 Å². The molecule has 0 spiro atoms. The minimum atomic E-state index is 0.341. The number of aryl methyl sites for hydroxylation is 1. The van der Waals surface area contributed by atoms with Crippen LogP contribution in [0, 0.1) is 30.6 Å². The van der Waals surface area contributed by atoms with Crippen LogP contribution in [-0.2, 0) is 6.42 Å². The van der Waals surface area contributed by atoms with Crippen molar-refractivity contribution in [1.29, 1.82) is 10.7 Å². The maximum absolute atomic E-state index is 8.84. The third-order valence-electron chi connectivity index (χ3n) is 2.67. The molecule has 4 nitrogen and oxygen atoms in total. The van der Waals surface area contributed by atoms with E-state index < -0.39 is 0 Å². The van der Waals surface area contributed by atoms with Crippen molar-refractivity contribution >= 4 is 11.9 Å². The fraction of sp³-hybridized carbons (Fsp3) is 0.231. The van der Waals surface area contributed by atoms with E-state index in [1.54, 1.807) is 0 Å². The Balaban J connectivity index is 3.16. The van der Waals surface area contributed by atoms with Crippen molar-refractivity contribution in [3.63, 3.8) is 0 Å². The molecule has 1 rings (SSSR count). The monoisotopic (exact) mass is 228 g/mol. The molecule has 0 unspecified atom stereocenters. The second kappa shape index (κ2) is 5.71. The molecule has 0 saturated heterocycles. The first kappa shape index (κ1) is 12.8. The Labute approximate surface area is 101 Å². The van der Waals surface area contributed by atoms with Crippen LogP contribution in [0.3, 0.4) is 0 Å². The van der Waals surface area contributed by atoms with Gasteiger partial charge < -0.3 is 16.5 Å². The summed E-state index contributed by atoms with van der Waals surface area (Å²) in [7, 11) is 0. The molecule has 1 aromatic rings. The summed E-state index contributed by atoms with van der Waals surface area (Å²) >= 11 is 0. The molecule has 0 amide bonds. The zero-order valence-electron chi connectivity index (χ0n) is 10.0. The molecule has 0 aliphatic rings. The summed E-state index contributed by atoms with van der Waals surface area (Å²) in [4.78, 5) is 0. The van der Waals surface area contributed by atoms with Crippen molar-refractivity contribution in [2.24, 2.45) is 5.73 Å². The lowest BCUT2D eigenvalue weighted by Gasteiger charge is -2.14. The van der Waals surface area contributed by atoms with E-state index in [-0.39, 0.29) is 0 Å². The highest BCUT2D eigenvalue weighted by molar-refractivity contribution is 5.71. The Hall–Kier alpha value is -2.28. The zero-order chi connectivity index (χ0) is 12.8. The van der Waals surface area contributed by atoms with E-state index in [0.717, 1.165) is 28.6 Å². The molecule has 0 heterocycles. The lowest BCUT2D eigenvalue weighted by Crippen LogP contribution is -2.11. The van der Waals surface area contributed by atoms with E-state index in [2.05, 4.69) is 11.4 Å². The van der Waals surface area contributed by atoms with Crippen LogP contribution in [-0.4, -0.2) is 6.21 Å². The Morgan fingerprint density at radius 2 is 2.24 bits per heavy atom. The molecular formula is C13H16N4. The number of benzene rings is 1. The van der Waals surface area contributed by atoms with E-state index in [1.807, 2.05) is 26.0 Å². The van der Waals surface area contributed by atoms with Crippen molar-refractivity contribution in [2.75, 3.05) is 5.32 Å². The Kier molecular flexibility index (Phi) is 4.29. The predicted molar refractivity (Wildman–Crippen MR) is 69.9 cm³/mol. The van der Waals surface area contributed by atoms with Crippen LogP contribution in [0.25, 0.3) is 0 Å². The van der Waals surface area contributed by atoms with Crippen molar-refractivity contribution in [3.05, 3.63) is 40.7 Å². The van der Waals surface area contributed by atoms with Crippen molar-refractivity contribution in [1.82, 2.24) is 0 Å². The normalized spacial score (nSPS) is 10.8. The smallest absolute Gasteiger partial charge is 0.102 e. The molecule has 0 atom stereocenters. The van der Waals surface area contributed by atoms with Crippen molar-refractivity contribution < 1.29 is 0 Å². The summed E-state index contributed by atoms with van der Waals surface area (Å²) < 4.78 is 0. The predicted octanol–water partition coefficient (Wildman–Crippen LogP) is 2.23. The Morgan fingerprint density at radius 3 is 2.82 bits per heavy atom. The first-order valence-corrected chi connectivity index (χ1v) is 5.29. The Bertz CT molecular complexity index is 495. The maximum Gasteiger partial charge on any atom is 0.102 e. The number of anilines is 1. The number of allylic oxidation sites excluding steroid dienone is 1. The van der Waals surface area contributed by atoms with E-state index in [4.69, 9.17) is 16.4 Å². The topological polar surface area (TPSA) is 85.7 Å². The highest BCUT2D eigenvalue weighted by atomic mass is 15.0.